The summed E-state index contributed by atoms with van der Waals surface area (Å²) in [5.41, 5.74) is 1.12. The van der Waals surface area contributed by atoms with Crippen LogP contribution in [-0.2, 0) is 6.42 Å². The highest BCUT2D eigenvalue weighted by atomic mass is 79.9. The Morgan fingerprint density at radius 1 is 1.67 bits per heavy atom. The molecule has 0 fully saturated rings. The molecule has 0 aromatic carbocycles. The van der Waals surface area contributed by atoms with Gasteiger partial charge in [0.1, 0.15) is 0 Å². The monoisotopic (exact) mass is 228 g/mol. The second-order valence-electron chi connectivity index (χ2n) is 2.31. The molecule has 1 rings (SSSR count). The van der Waals surface area contributed by atoms with Gasteiger partial charge in [-0.2, -0.15) is 0 Å². The van der Waals surface area contributed by atoms with E-state index < -0.39 is 0 Å². The maximum absolute atomic E-state index is 10.4. The molecule has 1 heterocycles. The molecule has 1 N–H and O–H groups in total. The third kappa shape index (κ3) is 3.48. The molecule has 0 aliphatic heterocycles. The van der Waals surface area contributed by atoms with E-state index in [1.165, 1.54) is 0 Å². The maximum atomic E-state index is 10.4. The van der Waals surface area contributed by atoms with E-state index in [0.717, 1.165) is 12.0 Å². The third-order valence-electron chi connectivity index (χ3n) is 1.40. The molecule has 12 heavy (non-hydrogen) atoms. The number of nitrogens with zero attached hydrogens (tertiary/aromatic N) is 1. The fourth-order valence-electron chi connectivity index (χ4n) is 0.851. The minimum Gasteiger partial charge on any atom is -0.346 e. The summed E-state index contributed by atoms with van der Waals surface area (Å²) in [4.78, 5) is 14.2. The van der Waals surface area contributed by atoms with E-state index in [9.17, 15) is 4.79 Å². The molecular weight excluding hydrogens is 220 g/mol. The van der Waals surface area contributed by atoms with Gasteiger partial charge in [-0.1, -0.05) is 6.07 Å². The van der Waals surface area contributed by atoms with Crippen LogP contribution in [0.1, 0.15) is 5.56 Å². The van der Waals surface area contributed by atoms with Gasteiger partial charge in [0.25, 0.3) is 4.82 Å². The first-order chi connectivity index (χ1) is 5.79. The van der Waals surface area contributed by atoms with Crippen molar-refractivity contribution in [3.8, 4) is 0 Å². The first-order valence-electron chi connectivity index (χ1n) is 3.61. The number of carbonyl (C=O) groups excluding carboxylic acids is 1. The van der Waals surface area contributed by atoms with Crippen molar-refractivity contribution < 1.29 is 4.79 Å². The van der Waals surface area contributed by atoms with E-state index in [2.05, 4.69) is 26.2 Å². The zero-order chi connectivity index (χ0) is 8.81. The van der Waals surface area contributed by atoms with Crippen molar-refractivity contribution in [1.29, 1.82) is 0 Å². The Morgan fingerprint density at radius 2 is 2.50 bits per heavy atom. The smallest absolute Gasteiger partial charge is 0.287 e. The first-order valence-corrected chi connectivity index (χ1v) is 4.40. The van der Waals surface area contributed by atoms with Gasteiger partial charge in [0.05, 0.1) is 0 Å². The molecule has 64 valence electrons. The van der Waals surface area contributed by atoms with Crippen LogP contribution in [0.2, 0.25) is 0 Å². The molecular formula is C8H9BrN2O. The summed E-state index contributed by atoms with van der Waals surface area (Å²) >= 11 is 2.78. The Hall–Kier alpha value is -0.900. The van der Waals surface area contributed by atoms with Crippen LogP contribution in [-0.4, -0.2) is 16.3 Å². The predicted octanol–water partition coefficient (Wildman–Crippen LogP) is 1.73. The number of nitrogens with one attached hydrogen (secondary N) is 1. The molecule has 0 bridgehead atoms. The largest absolute Gasteiger partial charge is 0.346 e. The standard InChI is InChI=1S/C8H9BrN2O/c9-8(12)11-5-3-7-2-1-4-10-6-7/h1-2,4,6H,3,5H2,(H,11,12). The Morgan fingerprint density at radius 3 is 3.08 bits per heavy atom. The van der Waals surface area contributed by atoms with Crippen LogP contribution in [0.15, 0.2) is 24.5 Å². The Labute approximate surface area is 79.3 Å². The van der Waals surface area contributed by atoms with E-state index in [4.69, 9.17) is 0 Å². The number of halogens is 1. The lowest BCUT2D eigenvalue weighted by molar-refractivity contribution is 0.262. The van der Waals surface area contributed by atoms with Gasteiger partial charge in [0.15, 0.2) is 0 Å². The second kappa shape index (κ2) is 4.87. The van der Waals surface area contributed by atoms with Crippen molar-refractivity contribution in [3.05, 3.63) is 30.1 Å². The predicted molar refractivity (Wildman–Crippen MR) is 50.3 cm³/mol. The van der Waals surface area contributed by atoms with Crippen LogP contribution >= 0.6 is 15.9 Å². The molecule has 3 nitrogen and oxygen atoms in total. The second-order valence-corrected chi connectivity index (χ2v) is 3.03. The Bertz CT molecular complexity index is 250. The molecule has 0 unspecified atom stereocenters. The van der Waals surface area contributed by atoms with Gasteiger partial charge < -0.3 is 5.32 Å². The molecule has 1 amide bonds. The molecule has 0 aliphatic rings. The van der Waals surface area contributed by atoms with Crippen LogP contribution in [0.4, 0.5) is 4.79 Å². The first kappa shape index (κ1) is 9.19. The Balaban J connectivity index is 2.29. The van der Waals surface area contributed by atoms with Gasteiger partial charge in [-0.05, 0) is 18.1 Å². The number of pyridine rings is 1. The van der Waals surface area contributed by atoms with Gasteiger partial charge in [0.2, 0.25) is 0 Å². The summed E-state index contributed by atoms with van der Waals surface area (Å²) in [5.74, 6) is 0. The van der Waals surface area contributed by atoms with Crippen molar-refractivity contribution >= 4 is 20.7 Å². The summed E-state index contributed by atoms with van der Waals surface area (Å²) in [5, 5.41) is 2.64. The highest BCUT2D eigenvalue weighted by Crippen LogP contribution is 1.95. The molecule has 0 saturated heterocycles. The average molecular weight is 229 g/mol. The van der Waals surface area contributed by atoms with E-state index >= 15 is 0 Å². The molecule has 0 radical (unpaired) electrons. The van der Waals surface area contributed by atoms with Gasteiger partial charge in [-0.3, -0.25) is 9.78 Å². The molecule has 1 aromatic rings. The third-order valence-corrected chi connectivity index (χ3v) is 1.68. The van der Waals surface area contributed by atoms with Crippen molar-refractivity contribution in [1.82, 2.24) is 10.3 Å². The summed E-state index contributed by atoms with van der Waals surface area (Å²) in [6, 6.07) is 3.86. The fraction of sp³-hybridized carbons (Fsp3) is 0.250. The number of amides is 1. The number of hydrogen-bond acceptors (Lipinski definition) is 2. The quantitative estimate of drug-likeness (QED) is 0.633. The minimum absolute atomic E-state index is 0.175. The van der Waals surface area contributed by atoms with Crippen LogP contribution in [0.3, 0.4) is 0 Å². The lowest BCUT2D eigenvalue weighted by Crippen LogP contribution is -2.18. The zero-order valence-electron chi connectivity index (χ0n) is 6.46. The Kier molecular flexibility index (Phi) is 3.73. The normalized spacial score (nSPS) is 9.42. The van der Waals surface area contributed by atoms with Crippen LogP contribution < -0.4 is 5.32 Å². The molecule has 1 aromatic heterocycles. The summed E-state index contributed by atoms with van der Waals surface area (Å²) < 4.78 is 0. The number of aromatic nitrogens is 1. The summed E-state index contributed by atoms with van der Waals surface area (Å²) in [7, 11) is 0. The minimum atomic E-state index is -0.175. The van der Waals surface area contributed by atoms with Crippen molar-refractivity contribution in [2.24, 2.45) is 0 Å². The molecule has 0 aliphatic carbocycles. The van der Waals surface area contributed by atoms with Gasteiger partial charge >= 0.3 is 0 Å². The van der Waals surface area contributed by atoms with Gasteiger partial charge in [-0.15, -0.1) is 0 Å². The van der Waals surface area contributed by atoms with Crippen LogP contribution in [0.25, 0.3) is 0 Å². The molecule has 0 spiro atoms. The number of rotatable bonds is 3. The molecule has 0 atom stereocenters. The summed E-state index contributed by atoms with van der Waals surface area (Å²) in [6.07, 6.45) is 4.33. The zero-order valence-corrected chi connectivity index (χ0v) is 8.04. The van der Waals surface area contributed by atoms with Crippen molar-refractivity contribution in [2.45, 2.75) is 6.42 Å². The highest BCUT2D eigenvalue weighted by molar-refractivity contribution is 9.18. The highest BCUT2D eigenvalue weighted by Gasteiger charge is 1.93. The molecule has 4 heteroatoms. The SMILES string of the molecule is O=C(Br)NCCc1cccnc1. The number of hydrogen-bond donors (Lipinski definition) is 1. The van der Waals surface area contributed by atoms with Crippen LogP contribution in [0, 0.1) is 0 Å². The molecule has 0 saturated carbocycles. The van der Waals surface area contributed by atoms with Crippen molar-refractivity contribution in [3.63, 3.8) is 0 Å². The fourth-order valence-corrected chi connectivity index (χ4v) is 1.05. The average Bonchev–Trinajstić information content (AvgIpc) is 2.05. The van der Waals surface area contributed by atoms with Gasteiger partial charge in [0, 0.05) is 34.9 Å². The van der Waals surface area contributed by atoms with Crippen LogP contribution in [0.5, 0.6) is 0 Å². The lowest BCUT2D eigenvalue weighted by Gasteiger charge is -1.99. The summed E-state index contributed by atoms with van der Waals surface area (Å²) in [6.45, 7) is 0.635. The maximum Gasteiger partial charge on any atom is 0.287 e. The van der Waals surface area contributed by atoms with E-state index in [-0.39, 0.29) is 4.82 Å². The topological polar surface area (TPSA) is 42.0 Å². The van der Waals surface area contributed by atoms with Gasteiger partial charge in [-0.25, -0.2) is 0 Å². The lowest BCUT2D eigenvalue weighted by atomic mass is 10.2. The van der Waals surface area contributed by atoms with Crippen molar-refractivity contribution in [2.75, 3.05) is 6.54 Å². The van der Waals surface area contributed by atoms with E-state index in [1.807, 2.05) is 12.1 Å². The van der Waals surface area contributed by atoms with E-state index in [0.29, 0.717) is 6.54 Å². The van der Waals surface area contributed by atoms with E-state index in [1.54, 1.807) is 12.4 Å². The number of carbonyl (C=O) groups is 1.